The maximum atomic E-state index is 5.52. The Morgan fingerprint density at radius 2 is 2.15 bits per heavy atom. The predicted octanol–water partition coefficient (Wildman–Crippen LogP) is 0.828. The van der Waals surface area contributed by atoms with Crippen molar-refractivity contribution in [3.63, 3.8) is 0 Å². The summed E-state index contributed by atoms with van der Waals surface area (Å²) in [5, 5.41) is 3.28. The lowest BCUT2D eigenvalue weighted by Crippen LogP contribution is -2.53. The molecule has 1 aromatic rings. The van der Waals surface area contributed by atoms with Gasteiger partial charge < -0.3 is 19.7 Å². The molecule has 20 heavy (non-hydrogen) atoms. The first-order chi connectivity index (χ1) is 9.63. The van der Waals surface area contributed by atoms with Gasteiger partial charge in [0.1, 0.15) is 0 Å². The number of ether oxygens (including phenoxy) is 2. The van der Waals surface area contributed by atoms with Crippen molar-refractivity contribution >= 4 is 5.95 Å². The van der Waals surface area contributed by atoms with Gasteiger partial charge in [-0.25, -0.2) is 9.97 Å². The summed E-state index contributed by atoms with van der Waals surface area (Å²) in [5.74, 6) is 0.777. The van der Waals surface area contributed by atoms with Gasteiger partial charge in [-0.05, 0) is 13.8 Å². The van der Waals surface area contributed by atoms with Crippen LogP contribution in [0.25, 0.3) is 0 Å². The molecule has 1 aliphatic rings. The molecule has 1 aliphatic heterocycles. The van der Waals surface area contributed by atoms with E-state index in [2.05, 4.69) is 34.0 Å². The fraction of sp³-hybridized carbons (Fsp3) is 0.714. The minimum atomic E-state index is -0.0590. The molecule has 0 aliphatic carbocycles. The Balaban J connectivity index is 1.93. The van der Waals surface area contributed by atoms with Crippen LogP contribution in [0.5, 0.6) is 0 Å². The SMILES string of the molecule is COCCNCc1cnc(N2CCOCC2(C)C)nc1. The molecule has 0 unspecified atom stereocenters. The van der Waals surface area contributed by atoms with Crippen molar-refractivity contribution < 1.29 is 9.47 Å². The Kier molecular flexibility index (Phi) is 5.28. The first-order valence-corrected chi connectivity index (χ1v) is 6.99. The van der Waals surface area contributed by atoms with Crippen LogP contribution in [-0.2, 0) is 16.0 Å². The van der Waals surface area contributed by atoms with Gasteiger partial charge >= 0.3 is 0 Å². The Labute approximate surface area is 120 Å². The number of nitrogens with one attached hydrogen (secondary N) is 1. The minimum absolute atomic E-state index is 0.0590. The second-order valence-electron chi connectivity index (χ2n) is 5.58. The topological polar surface area (TPSA) is 59.5 Å². The fourth-order valence-corrected chi connectivity index (χ4v) is 2.21. The molecule has 0 aromatic carbocycles. The summed E-state index contributed by atoms with van der Waals surface area (Å²) < 4.78 is 10.5. The molecule has 2 rings (SSSR count). The first-order valence-electron chi connectivity index (χ1n) is 6.99. The van der Waals surface area contributed by atoms with Crippen LogP contribution in [-0.4, -0.2) is 55.5 Å². The fourth-order valence-electron chi connectivity index (χ4n) is 2.21. The van der Waals surface area contributed by atoms with Crippen LogP contribution in [0.15, 0.2) is 12.4 Å². The van der Waals surface area contributed by atoms with Gasteiger partial charge in [-0.3, -0.25) is 0 Å². The highest BCUT2D eigenvalue weighted by Crippen LogP contribution is 2.23. The number of rotatable bonds is 6. The van der Waals surface area contributed by atoms with Gasteiger partial charge in [-0.1, -0.05) is 0 Å². The second kappa shape index (κ2) is 6.97. The zero-order chi connectivity index (χ0) is 14.4. The van der Waals surface area contributed by atoms with E-state index in [1.807, 2.05) is 12.4 Å². The van der Waals surface area contributed by atoms with E-state index in [4.69, 9.17) is 9.47 Å². The van der Waals surface area contributed by atoms with Crippen molar-refractivity contribution in [2.45, 2.75) is 25.9 Å². The van der Waals surface area contributed by atoms with E-state index < -0.39 is 0 Å². The Bertz CT molecular complexity index is 408. The van der Waals surface area contributed by atoms with Gasteiger partial charge in [-0.15, -0.1) is 0 Å². The van der Waals surface area contributed by atoms with E-state index in [0.717, 1.165) is 37.8 Å². The third-order valence-electron chi connectivity index (χ3n) is 3.39. The Morgan fingerprint density at radius 1 is 1.40 bits per heavy atom. The summed E-state index contributed by atoms with van der Waals surface area (Å²) in [7, 11) is 1.70. The largest absolute Gasteiger partial charge is 0.383 e. The van der Waals surface area contributed by atoms with Gasteiger partial charge in [0.15, 0.2) is 0 Å². The lowest BCUT2D eigenvalue weighted by Gasteiger charge is -2.42. The maximum Gasteiger partial charge on any atom is 0.225 e. The number of hydrogen-bond acceptors (Lipinski definition) is 6. The molecule has 1 N–H and O–H groups in total. The van der Waals surface area contributed by atoms with E-state index in [1.54, 1.807) is 7.11 Å². The van der Waals surface area contributed by atoms with E-state index in [0.29, 0.717) is 13.2 Å². The van der Waals surface area contributed by atoms with Gasteiger partial charge in [0.05, 0.1) is 25.4 Å². The second-order valence-corrected chi connectivity index (χ2v) is 5.58. The van der Waals surface area contributed by atoms with E-state index in [1.165, 1.54) is 0 Å². The van der Waals surface area contributed by atoms with Crippen molar-refractivity contribution in [3.05, 3.63) is 18.0 Å². The molecular weight excluding hydrogens is 256 g/mol. The highest BCUT2D eigenvalue weighted by Gasteiger charge is 2.32. The summed E-state index contributed by atoms with van der Waals surface area (Å²) in [6.07, 6.45) is 3.77. The maximum absolute atomic E-state index is 5.52. The number of nitrogens with zero attached hydrogens (tertiary/aromatic N) is 3. The van der Waals surface area contributed by atoms with Gasteiger partial charge in [-0.2, -0.15) is 0 Å². The van der Waals surface area contributed by atoms with Crippen LogP contribution in [0.4, 0.5) is 5.95 Å². The number of morpholine rings is 1. The number of methoxy groups -OCH3 is 1. The summed E-state index contributed by atoms with van der Waals surface area (Å²) in [6.45, 7) is 8.86. The normalized spacial score (nSPS) is 18.2. The predicted molar refractivity (Wildman–Crippen MR) is 77.9 cm³/mol. The summed E-state index contributed by atoms with van der Waals surface area (Å²) in [4.78, 5) is 11.2. The molecule has 0 amide bonds. The standard InChI is InChI=1S/C14H24N4O2/c1-14(2)11-20-7-5-18(14)13-16-9-12(10-17-13)8-15-4-6-19-3/h9-10,15H,4-8,11H2,1-3H3. The van der Waals surface area contributed by atoms with Crippen molar-refractivity contribution in [2.24, 2.45) is 0 Å². The molecular formula is C14H24N4O2. The Morgan fingerprint density at radius 3 is 2.80 bits per heavy atom. The van der Waals surface area contributed by atoms with Crippen LogP contribution in [0, 0.1) is 0 Å². The average Bonchev–Trinajstić information content (AvgIpc) is 2.44. The average molecular weight is 280 g/mol. The third kappa shape index (κ3) is 3.88. The van der Waals surface area contributed by atoms with E-state index in [9.17, 15) is 0 Å². The molecule has 0 radical (unpaired) electrons. The quantitative estimate of drug-likeness (QED) is 0.779. The van der Waals surface area contributed by atoms with E-state index >= 15 is 0 Å². The molecule has 0 bridgehead atoms. The van der Waals surface area contributed by atoms with Crippen LogP contribution >= 0.6 is 0 Å². The van der Waals surface area contributed by atoms with Crippen molar-refractivity contribution in [3.8, 4) is 0 Å². The van der Waals surface area contributed by atoms with Crippen LogP contribution in [0.2, 0.25) is 0 Å². The molecule has 2 heterocycles. The number of hydrogen-bond donors (Lipinski definition) is 1. The lowest BCUT2D eigenvalue weighted by molar-refractivity contribution is 0.0634. The highest BCUT2D eigenvalue weighted by atomic mass is 16.5. The monoisotopic (exact) mass is 280 g/mol. The van der Waals surface area contributed by atoms with Crippen LogP contribution in [0.3, 0.4) is 0 Å². The van der Waals surface area contributed by atoms with Crippen LogP contribution < -0.4 is 10.2 Å². The van der Waals surface area contributed by atoms with Crippen LogP contribution in [0.1, 0.15) is 19.4 Å². The molecule has 1 aromatic heterocycles. The smallest absolute Gasteiger partial charge is 0.225 e. The van der Waals surface area contributed by atoms with Crippen molar-refractivity contribution in [1.29, 1.82) is 0 Å². The molecule has 0 atom stereocenters. The Hall–Kier alpha value is -1.24. The lowest BCUT2D eigenvalue weighted by atomic mass is 10.0. The highest BCUT2D eigenvalue weighted by molar-refractivity contribution is 5.35. The molecule has 112 valence electrons. The van der Waals surface area contributed by atoms with E-state index in [-0.39, 0.29) is 5.54 Å². The zero-order valence-corrected chi connectivity index (χ0v) is 12.6. The van der Waals surface area contributed by atoms with Gasteiger partial charge in [0, 0.05) is 44.7 Å². The van der Waals surface area contributed by atoms with Gasteiger partial charge in [0.25, 0.3) is 0 Å². The minimum Gasteiger partial charge on any atom is -0.383 e. The molecule has 6 nitrogen and oxygen atoms in total. The zero-order valence-electron chi connectivity index (χ0n) is 12.6. The van der Waals surface area contributed by atoms with Gasteiger partial charge in [0.2, 0.25) is 5.95 Å². The third-order valence-corrected chi connectivity index (χ3v) is 3.39. The van der Waals surface area contributed by atoms with Crippen molar-refractivity contribution in [2.75, 3.05) is 44.9 Å². The number of aromatic nitrogens is 2. The molecule has 0 spiro atoms. The molecule has 0 saturated carbocycles. The van der Waals surface area contributed by atoms with Crippen molar-refractivity contribution in [1.82, 2.24) is 15.3 Å². The summed E-state index contributed by atoms with van der Waals surface area (Å²) >= 11 is 0. The first kappa shape index (κ1) is 15.2. The molecule has 1 fully saturated rings. The number of anilines is 1. The summed E-state index contributed by atoms with van der Waals surface area (Å²) in [5.41, 5.74) is 1.02. The molecule has 6 heteroatoms. The molecule has 1 saturated heterocycles. The summed E-state index contributed by atoms with van der Waals surface area (Å²) in [6, 6.07) is 0.